The molecule has 2 heterocycles. The van der Waals surface area contributed by atoms with Gasteiger partial charge in [0.25, 0.3) is 5.91 Å². The third-order valence-electron chi connectivity index (χ3n) is 3.42. The van der Waals surface area contributed by atoms with Crippen LogP contribution in [0.1, 0.15) is 15.9 Å². The van der Waals surface area contributed by atoms with E-state index in [0.717, 1.165) is 25.7 Å². The molecule has 0 saturated carbocycles. The van der Waals surface area contributed by atoms with E-state index in [4.69, 9.17) is 15.6 Å². The number of hydrogen-bond acceptors (Lipinski definition) is 6. The standard InChI is InChI=1S/C15H20N4O4/c16-14-12(9-11(10-18-14)1-2-13(20)21)15(22)17-3-4-19-5-7-23-8-6-19/h1-2,9-10H,3-8H2,(H2,16,18)(H,17,22)(H,20,21). The normalized spacial score (nSPS) is 15.7. The number of carbonyl (C=O) groups excluding carboxylic acids is 1. The first-order valence-corrected chi connectivity index (χ1v) is 7.31. The maximum Gasteiger partial charge on any atom is 0.328 e. The molecule has 2 rings (SSSR count). The summed E-state index contributed by atoms with van der Waals surface area (Å²) in [7, 11) is 0. The van der Waals surface area contributed by atoms with Crippen molar-refractivity contribution in [3.63, 3.8) is 0 Å². The van der Waals surface area contributed by atoms with E-state index in [1.807, 2.05) is 0 Å². The number of pyridine rings is 1. The summed E-state index contributed by atoms with van der Waals surface area (Å²) in [5.74, 6) is -1.28. The molecular formula is C15H20N4O4. The number of nitrogens with zero attached hydrogens (tertiary/aromatic N) is 2. The van der Waals surface area contributed by atoms with Crippen molar-refractivity contribution in [1.82, 2.24) is 15.2 Å². The van der Waals surface area contributed by atoms with E-state index in [2.05, 4.69) is 15.2 Å². The Balaban J connectivity index is 1.92. The number of aliphatic carboxylic acids is 1. The van der Waals surface area contributed by atoms with Crippen molar-refractivity contribution >= 4 is 23.8 Å². The van der Waals surface area contributed by atoms with Gasteiger partial charge in [0, 0.05) is 38.5 Å². The van der Waals surface area contributed by atoms with Gasteiger partial charge in [0.2, 0.25) is 0 Å². The van der Waals surface area contributed by atoms with Crippen molar-refractivity contribution in [3.8, 4) is 0 Å². The smallest absolute Gasteiger partial charge is 0.328 e. The van der Waals surface area contributed by atoms with Crippen LogP contribution in [-0.2, 0) is 9.53 Å². The first-order valence-electron chi connectivity index (χ1n) is 7.31. The Hall–Kier alpha value is -2.45. The van der Waals surface area contributed by atoms with Gasteiger partial charge in [-0.05, 0) is 17.7 Å². The zero-order valence-corrected chi connectivity index (χ0v) is 12.7. The third-order valence-corrected chi connectivity index (χ3v) is 3.42. The second kappa shape index (κ2) is 8.25. The lowest BCUT2D eigenvalue weighted by atomic mass is 10.1. The predicted molar refractivity (Wildman–Crippen MR) is 84.9 cm³/mol. The summed E-state index contributed by atoms with van der Waals surface area (Å²) >= 11 is 0. The Morgan fingerprint density at radius 3 is 2.87 bits per heavy atom. The van der Waals surface area contributed by atoms with Crippen LogP contribution >= 0.6 is 0 Å². The molecule has 1 aromatic heterocycles. The number of carboxylic acids is 1. The van der Waals surface area contributed by atoms with Crippen molar-refractivity contribution in [3.05, 3.63) is 29.5 Å². The molecule has 0 atom stereocenters. The number of nitrogens with one attached hydrogen (secondary N) is 1. The summed E-state index contributed by atoms with van der Waals surface area (Å²) in [5.41, 5.74) is 6.46. The zero-order chi connectivity index (χ0) is 16.7. The van der Waals surface area contributed by atoms with E-state index in [1.165, 1.54) is 18.3 Å². The Labute approximate surface area is 133 Å². The number of carboxylic acid groups (broad SMARTS) is 1. The number of ether oxygens (including phenoxy) is 1. The zero-order valence-electron chi connectivity index (χ0n) is 12.7. The second-order valence-electron chi connectivity index (χ2n) is 5.08. The van der Waals surface area contributed by atoms with E-state index < -0.39 is 5.97 Å². The number of morpholine rings is 1. The molecule has 1 amide bonds. The van der Waals surface area contributed by atoms with Gasteiger partial charge in [0.1, 0.15) is 5.82 Å². The highest BCUT2D eigenvalue weighted by Gasteiger charge is 2.13. The summed E-state index contributed by atoms with van der Waals surface area (Å²) < 4.78 is 5.26. The van der Waals surface area contributed by atoms with Gasteiger partial charge in [0.05, 0.1) is 18.8 Å². The SMILES string of the molecule is Nc1ncc(C=CC(=O)O)cc1C(=O)NCCN1CCOCC1. The molecule has 1 aliphatic heterocycles. The maximum atomic E-state index is 12.2. The summed E-state index contributed by atoms with van der Waals surface area (Å²) in [6.07, 6.45) is 3.76. The summed E-state index contributed by atoms with van der Waals surface area (Å²) in [6, 6.07) is 1.52. The third kappa shape index (κ3) is 5.35. The number of amides is 1. The molecule has 0 spiro atoms. The minimum absolute atomic E-state index is 0.112. The number of aromatic nitrogens is 1. The molecule has 0 aromatic carbocycles. The molecule has 1 aliphatic rings. The minimum Gasteiger partial charge on any atom is -0.478 e. The van der Waals surface area contributed by atoms with E-state index >= 15 is 0 Å². The van der Waals surface area contributed by atoms with Crippen LogP contribution in [0.5, 0.6) is 0 Å². The van der Waals surface area contributed by atoms with Crippen LogP contribution in [-0.4, -0.2) is 66.3 Å². The Kier molecular flexibility index (Phi) is 6.07. The van der Waals surface area contributed by atoms with Crippen molar-refractivity contribution in [2.45, 2.75) is 0 Å². The molecule has 8 heteroatoms. The van der Waals surface area contributed by atoms with Crippen LogP contribution in [0.25, 0.3) is 6.08 Å². The van der Waals surface area contributed by atoms with Crippen molar-refractivity contribution < 1.29 is 19.4 Å². The lowest BCUT2D eigenvalue weighted by Gasteiger charge is -2.26. The summed E-state index contributed by atoms with van der Waals surface area (Å²) in [4.78, 5) is 28.8. The molecule has 23 heavy (non-hydrogen) atoms. The van der Waals surface area contributed by atoms with E-state index in [9.17, 15) is 9.59 Å². The monoisotopic (exact) mass is 320 g/mol. The van der Waals surface area contributed by atoms with E-state index in [1.54, 1.807) is 0 Å². The minimum atomic E-state index is -1.07. The number of hydrogen-bond donors (Lipinski definition) is 3. The maximum absolute atomic E-state index is 12.2. The predicted octanol–water partition coefficient (Wildman–Crippen LogP) is -0.176. The highest BCUT2D eigenvalue weighted by molar-refractivity contribution is 5.99. The van der Waals surface area contributed by atoms with Gasteiger partial charge in [-0.2, -0.15) is 0 Å². The largest absolute Gasteiger partial charge is 0.478 e. The van der Waals surface area contributed by atoms with Crippen molar-refractivity contribution in [2.24, 2.45) is 0 Å². The van der Waals surface area contributed by atoms with Gasteiger partial charge in [-0.3, -0.25) is 9.69 Å². The van der Waals surface area contributed by atoms with Gasteiger partial charge in [-0.25, -0.2) is 9.78 Å². The van der Waals surface area contributed by atoms with Crippen LogP contribution in [0.15, 0.2) is 18.3 Å². The van der Waals surface area contributed by atoms with Gasteiger partial charge >= 0.3 is 5.97 Å². The van der Waals surface area contributed by atoms with Crippen LogP contribution in [0.2, 0.25) is 0 Å². The van der Waals surface area contributed by atoms with Gasteiger partial charge in [0.15, 0.2) is 0 Å². The van der Waals surface area contributed by atoms with Crippen LogP contribution < -0.4 is 11.1 Å². The number of rotatable bonds is 6. The summed E-state index contributed by atoms with van der Waals surface area (Å²) in [6.45, 7) is 4.37. The highest BCUT2D eigenvalue weighted by atomic mass is 16.5. The molecule has 0 unspecified atom stereocenters. The number of nitrogens with two attached hydrogens (primary N) is 1. The second-order valence-corrected chi connectivity index (χ2v) is 5.08. The molecular weight excluding hydrogens is 300 g/mol. The lowest BCUT2D eigenvalue weighted by Crippen LogP contribution is -2.41. The molecule has 124 valence electrons. The molecule has 4 N–H and O–H groups in total. The average Bonchev–Trinajstić information content (AvgIpc) is 2.55. The Bertz CT molecular complexity index is 597. The lowest BCUT2D eigenvalue weighted by molar-refractivity contribution is -0.131. The van der Waals surface area contributed by atoms with E-state index in [0.29, 0.717) is 25.3 Å². The first-order chi connectivity index (χ1) is 11.1. The fourth-order valence-electron chi connectivity index (χ4n) is 2.18. The van der Waals surface area contributed by atoms with Crippen LogP contribution in [0.3, 0.4) is 0 Å². The van der Waals surface area contributed by atoms with Crippen molar-refractivity contribution in [1.29, 1.82) is 0 Å². The summed E-state index contributed by atoms with van der Waals surface area (Å²) in [5, 5.41) is 11.4. The molecule has 0 radical (unpaired) electrons. The highest BCUT2D eigenvalue weighted by Crippen LogP contribution is 2.12. The first kappa shape index (κ1) is 16.9. The van der Waals surface area contributed by atoms with Gasteiger partial charge in [-0.15, -0.1) is 0 Å². The average molecular weight is 320 g/mol. The van der Waals surface area contributed by atoms with E-state index in [-0.39, 0.29) is 17.3 Å². The van der Waals surface area contributed by atoms with Crippen LogP contribution in [0, 0.1) is 0 Å². The number of carbonyl (C=O) groups is 2. The number of nitrogen functional groups attached to an aromatic ring is 1. The van der Waals surface area contributed by atoms with Crippen LogP contribution in [0.4, 0.5) is 5.82 Å². The van der Waals surface area contributed by atoms with Crippen molar-refractivity contribution in [2.75, 3.05) is 45.1 Å². The molecule has 0 bridgehead atoms. The van der Waals surface area contributed by atoms with Gasteiger partial charge < -0.3 is 20.9 Å². The molecule has 1 aromatic rings. The van der Waals surface area contributed by atoms with Gasteiger partial charge in [-0.1, -0.05) is 0 Å². The fourth-order valence-corrected chi connectivity index (χ4v) is 2.18. The molecule has 8 nitrogen and oxygen atoms in total. The Morgan fingerprint density at radius 2 is 2.17 bits per heavy atom. The molecule has 0 aliphatic carbocycles. The Morgan fingerprint density at radius 1 is 1.43 bits per heavy atom. The topological polar surface area (TPSA) is 118 Å². The molecule has 1 saturated heterocycles. The number of anilines is 1. The quantitative estimate of drug-likeness (QED) is 0.622. The fraction of sp³-hybridized carbons (Fsp3) is 0.400. The molecule has 1 fully saturated rings.